The molecule has 0 atom stereocenters. The topological polar surface area (TPSA) is 17.1 Å². The standard InChI is InChI=1S/C3H6O.Ga.3H/c1-2-3-4;;;;/h3H,2H2,1H3;;;;. The van der Waals surface area contributed by atoms with Gasteiger partial charge >= 0.3 is 19.8 Å². The molecule has 0 radical (unpaired) electrons. The summed E-state index contributed by atoms with van der Waals surface area (Å²) < 4.78 is 0. The Morgan fingerprint density at radius 2 is 2.00 bits per heavy atom. The van der Waals surface area contributed by atoms with Crippen LogP contribution in [0.25, 0.3) is 0 Å². The predicted molar refractivity (Wildman–Crippen MR) is 26.3 cm³/mol. The molecule has 0 rings (SSSR count). The van der Waals surface area contributed by atoms with Gasteiger partial charge in [0.25, 0.3) is 0 Å². The molecular weight excluding hydrogens is 122 g/mol. The zero-order valence-corrected chi connectivity index (χ0v) is 2.69. The first-order chi connectivity index (χ1) is 1.91. The SMILES string of the molecule is CCC=O.[GaH3]. The minimum atomic E-state index is 0. The minimum absolute atomic E-state index is 0. The zero-order valence-electron chi connectivity index (χ0n) is 2.69. The van der Waals surface area contributed by atoms with E-state index in [0.29, 0.717) is 6.42 Å². The van der Waals surface area contributed by atoms with E-state index in [-0.39, 0.29) is 19.8 Å². The molecular formula is C3H9GaO. The van der Waals surface area contributed by atoms with Crippen molar-refractivity contribution in [3.05, 3.63) is 0 Å². The van der Waals surface area contributed by atoms with E-state index >= 15 is 0 Å². The van der Waals surface area contributed by atoms with E-state index in [2.05, 4.69) is 0 Å². The summed E-state index contributed by atoms with van der Waals surface area (Å²) in [6.45, 7) is 1.81. The number of hydrogen-bond donors (Lipinski definition) is 0. The summed E-state index contributed by atoms with van der Waals surface area (Å²) in [5.74, 6) is 0. The van der Waals surface area contributed by atoms with Gasteiger partial charge in [0.15, 0.2) is 0 Å². The summed E-state index contributed by atoms with van der Waals surface area (Å²) in [6, 6.07) is 0. The Bertz CT molecular complexity index is 20.9. The number of hydrogen-bond acceptors (Lipinski definition) is 1. The second kappa shape index (κ2) is 8.85. The van der Waals surface area contributed by atoms with Gasteiger partial charge in [0, 0.05) is 6.42 Å². The van der Waals surface area contributed by atoms with E-state index in [9.17, 15) is 4.79 Å². The van der Waals surface area contributed by atoms with Gasteiger partial charge in [-0.1, -0.05) is 6.92 Å². The normalized spacial score (nSPS) is 5.00. The third kappa shape index (κ3) is 13.4. The van der Waals surface area contributed by atoms with Crippen molar-refractivity contribution in [3.63, 3.8) is 0 Å². The van der Waals surface area contributed by atoms with E-state index in [1.165, 1.54) is 0 Å². The van der Waals surface area contributed by atoms with E-state index in [1.807, 2.05) is 6.92 Å². The van der Waals surface area contributed by atoms with Gasteiger partial charge in [-0.25, -0.2) is 0 Å². The van der Waals surface area contributed by atoms with Crippen molar-refractivity contribution < 1.29 is 4.79 Å². The molecule has 1 nitrogen and oxygen atoms in total. The monoisotopic (exact) mass is 130 g/mol. The molecule has 0 saturated carbocycles. The summed E-state index contributed by atoms with van der Waals surface area (Å²) in [6.07, 6.45) is 1.51. The molecule has 0 aromatic carbocycles. The van der Waals surface area contributed by atoms with Crippen molar-refractivity contribution >= 4 is 26.1 Å². The van der Waals surface area contributed by atoms with Crippen LogP contribution in [-0.4, -0.2) is 26.1 Å². The maximum absolute atomic E-state index is 9.17. The molecule has 0 heterocycles. The molecule has 0 aliphatic heterocycles. The molecule has 0 spiro atoms. The fourth-order valence-corrected chi connectivity index (χ4v) is 0. The van der Waals surface area contributed by atoms with Crippen LogP contribution in [0.4, 0.5) is 0 Å². The van der Waals surface area contributed by atoms with Crippen LogP contribution in [0.15, 0.2) is 0 Å². The molecule has 0 N–H and O–H groups in total. The molecule has 0 aliphatic rings. The molecule has 0 bridgehead atoms. The third-order valence-corrected chi connectivity index (χ3v) is 0.167. The first kappa shape index (κ1) is 9.00. The Kier molecular flexibility index (Phi) is 15.9. The quantitative estimate of drug-likeness (QED) is 0.343. The summed E-state index contributed by atoms with van der Waals surface area (Å²) in [5, 5.41) is 0. The second-order valence-electron chi connectivity index (χ2n) is 0.575. The van der Waals surface area contributed by atoms with Crippen LogP contribution in [0.1, 0.15) is 13.3 Å². The van der Waals surface area contributed by atoms with Crippen LogP contribution in [-0.2, 0) is 4.79 Å². The average Bonchev–Trinajstić information content (AvgIpc) is 1.37. The molecule has 0 aromatic heterocycles. The van der Waals surface area contributed by atoms with Gasteiger partial charge in [-0.2, -0.15) is 0 Å². The van der Waals surface area contributed by atoms with E-state index in [4.69, 9.17) is 0 Å². The first-order valence-corrected chi connectivity index (χ1v) is 1.35. The molecule has 0 amide bonds. The van der Waals surface area contributed by atoms with Crippen LogP contribution in [0.5, 0.6) is 0 Å². The van der Waals surface area contributed by atoms with Crippen molar-refractivity contribution in [2.75, 3.05) is 0 Å². The van der Waals surface area contributed by atoms with Crippen molar-refractivity contribution in [2.24, 2.45) is 0 Å². The summed E-state index contributed by atoms with van der Waals surface area (Å²) in [4.78, 5) is 9.17. The zero-order chi connectivity index (χ0) is 3.41. The molecule has 2 heteroatoms. The van der Waals surface area contributed by atoms with Crippen molar-refractivity contribution in [2.45, 2.75) is 13.3 Å². The van der Waals surface area contributed by atoms with Gasteiger partial charge in [-0.3, -0.25) is 0 Å². The van der Waals surface area contributed by atoms with Gasteiger partial charge in [0.1, 0.15) is 6.29 Å². The van der Waals surface area contributed by atoms with Crippen LogP contribution in [0.2, 0.25) is 0 Å². The Morgan fingerprint density at radius 3 is 2.00 bits per heavy atom. The van der Waals surface area contributed by atoms with Crippen LogP contribution < -0.4 is 0 Å². The summed E-state index contributed by atoms with van der Waals surface area (Å²) in [7, 11) is 0. The molecule has 0 saturated heterocycles. The Labute approximate surface area is 44.8 Å². The second-order valence-corrected chi connectivity index (χ2v) is 0.575. The van der Waals surface area contributed by atoms with Crippen LogP contribution in [0, 0.1) is 0 Å². The predicted octanol–water partition coefficient (Wildman–Crippen LogP) is -0.589. The Morgan fingerprint density at radius 1 is 1.80 bits per heavy atom. The third-order valence-electron chi connectivity index (χ3n) is 0.167. The van der Waals surface area contributed by atoms with Crippen molar-refractivity contribution in [1.29, 1.82) is 0 Å². The summed E-state index contributed by atoms with van der Waals surface area (Å²) >= 11 is 0. The van der Waals surface area contributed by atoms with E-state index in [0.717, 1.165) is 6.29 Å². The fourth-order valence-electron chi connectivity index (χ4n) is 0. The van der Waals surface area contributed by atoms with Gasteiger partial charge in [-0.05, 0) is 0 Å². The molecule has 0 aromatic rings. The van der Waals surface area contributed by atoms with Crippen LogP contribution >= 0.6 is 0 Å². The molecule has 30 valence electrons. The number of carbonyl (C=O) groups is 1. The number of rotatable bonds is 1. The van der Waals surface area contributed by atoms with E-state index in [1.54, 1.807) is 0 Å². The Hall–Kier alpha value is 0.306. The Balaban J connectivity index is 0. The van der Waals surface area contributed by atoms with Crippen molar-refractivity contribution in [3.8, 4) is 0 Å². The molecule has 0 unspecified atom stereocenters. The molecule has 5 heavy (non-hydrogen) atoms. The van der Waals surface area contributed by atoms with E-state index < -0.39 is 0 Å². The molecule has 0 fully saturated rings. The van der Waals surface area contributed by atoms with Gasteiger partial charge in [0.05, 0.1) is 0 Å². The van der Waals surface area contributed by atoms with Crippen LogP contribution in [0.3, 0.4) is 0 Å². The van der Waals surface area contributed by atoms with Gasteiger partial charge < -0.3 is 4.79 Å². The summed E-state index contributed by atoms with van der Waals surface area (Å²) in [5.41, 5.74) is 0. The van der Waals surface area contributed by atoms with Gasteiger partial charge in [-0.15, -0.1) is 0 Å². The first-order valence-electron chi connectivity index (χ1n) is 1.35. The average molecular weight is 131 g/mol. The number of carbonyl (C=O) groups excluding carboxylic acids is 1. The molecule has 0 aliphatic carbocycles. The van der Waals surface area contributed by atoms with Crippen molar-refractivity contribution in [1.82, 2.24) is 0 Å². The number of aldehydes is 1. The van der Waals surface area contributed by atoms with Gasteiger partial charge in [0.2, 0.25) is 0 Å². The maximum atomic E-state index is 9.17. The fraction of sp³-hybridized carbons (Fsp3) is 0.667.